The van der Waals surface area contributed by atoms with E-state index in [0.717, 1.165) is 36.6 Å². The Kier molecular flexibility index (Phi) is 11.2. The van der Waals surface area contributed by atoms with Gasteiger partial charge in [0.2, 0.25) is 11.8 Å². The van der Waals surface area contributed by atoms with Crippen LogP contribution in [-0.2, 0) is 28.6 Å². The van der Waals surface area contributed by atoms with Gasteiger partial charge in [-0.3, -0.25) is 9.59 Å². The Morgan fingerprint density at radius 2 is 1.60 bits per heavy atom. The van der Waals surface area contributed by atoms with Crippen LogP contribution < -0.4 is 11.1 Å². The normalized spacial score (nSPS) is 20.5. The summed E-state index contributed by atoms with van der Waals surface area (Å²) in [4.78, 5) is 48.8. The van der Waals surface area contributed by atoms with Crippen molar-refractivity contribution >= 4 is 40.8 Å². The van der Waals surface area contributed by atoms with Gasteiger partial charge in [0, 0.05) is 63.0 Å². The molecule has 0 bridgehead atoms. The molecule has 3 fully saturated rings. The van der Waals surface area contributed by atoms with Crippen LogP contribution in [0.25, 0.3) is 0 Å². The fraction of sp³-hybridized carbons (Fsp3) is 0.595. The average molecular weight is 717 g/mol. The predicted octanol–water partition coefficient (Wildman–Crippen LogP) is 6.44. The Morgan fingerprint density at radius 3 is 2.28 bits per heavy atom. The monoisotopic (exact) mass is 716 g/mol. The number of nitrogens with zero attached hydrogens (tertiary/aromatic N) is 4. The number of nitrogens with two attached hydrogens (primary N) is 1. The van der Waals surface area contributed by atoms with E-state index in [1.165, 1.54) is 31.7 Å². The van der Waals surface area contributed by atoms with Gasteiger partial charge in [0.15, 0.2) is 0 Å². The molecule has 1 saturated carbocycles. The number of alkyl halides is 3. The van der Waals surface area contributed by atoms with Crippen molar-refractivity contribution in [1.29, 1.82) is 0 Å². The number of likely N-dealkylation sites (tertiary alicyclic amines) is 2. The van der Waals surface area contributed by atoms with E-state index in [4.69, 9.17) is 17.3 Å². The van der Waals surface area contributed by atoms with Crippen LogP contribution in [0.2, 0.25) is 5.02 Å². The van der Waals surface area contributed by atoms with Crippen LogP contribution in [0, 0.1) is 5.92 Å². The minimum Gasteiger partial charge on any atom is -0.397 e. The molecule has 1 aliphatic carbocycles. The quantitative estimate of drug-likeness (QED) is 0.307. The second-order valence-corrected chi connectivity index (χ2v) is 14.9. The van der Waals surface area contributed by atoms with Crippen LogP contribution >= 0.6 is 11.6 Å². The standard InChI is InChI=1S/C37H48ClF3N6O3/c1-44(27-7-3-4-8-27)28-11-17-46(18-12-28)35(49)26(20-24-21-30(37(39,40)41)34(42)31(38)22-24)23-33(48)45-15-13-29(14-16-45)47-19-10-25-6-2-5-9-32(25)43-36(47)50/h2,5-6,9,21-22,26-29H,3-4,7-8,10-20,23,42H2,1H3,(H,43,50)/t26-/m0/s1. The van der Waals surface area contributed by atoms with Crippen molar-refractivity contribution < 1.29 is 27.6 Å². The van der Waals surface area contributed by atoms with E-state index in [0.29, 0.717) is 57.6 Å². The second kappa shape index (κ2) is 15.4. The molecule has 4 aliphatic rings. The number of piperidine rings is 2. The summed E-state index contributed by atoms with van der Waals surface area (Å²) in [5, 5.41) is 2.78. The van der Waals surface area contributed by atoms with E-state index < -0.39 is 23.3 Å². The highest BCUT2D eigenvalue weighted by molar-refractivity contribution is 6.33. The zero-order valence-corrected chi connectivity index (χ0v) is 29.4. The highest BCUT2D eigenvalue weighted by atomic mass is 35.5. The van der Waals surface area contributed by atoms with Gasteiger partial charge in [-0.1, -0.05) is 42.6 Å². The number of benzene rings is 2. The number of halogens is 4. The van der Waals surface area contributed by atoms with Crippen molar-refractivity contribution in [2.24, 2.45) is 5.92 Å². The topological polar surface area (TPSA) is 102 Å². The molecule has 3 N–H and O–H groups in total. The largest absolute Gasteiger partial charge is 0.418 e. The molecule has 13 heteroatoms. The predicted molar refractivity (Wildman–Crippen MR) is 188 cm³/mol. The Balaban J connectivity index is 1.12. The summed E-state index contributed by atoms with van der Waals surface area (Å²) in [6, 6.07) is 10.8. The van der Waals surface area contributed by atoms with Crippen molar-refractivity contribution in [3.63, 3.8) is 0 Å². The number of carbonyl (C=O) groups is 3. The van der Waals surface area contributed by atoms with Crippen LogP contribution in [0.3, 0.4) is 0 Å². The first-order valence-corrected chi connectivity index (χ1v) is 18.4. The molecule has 6 rings (SSSR count). The molecular formula is C37H48ClF3N6O3. The van der Waals surface area contributed by atoms with E-state index in [-0.39, 0.29) is 47.3 Å². The van der Waals surface area contributed by atoms with Crippen LogP contribution in [0.4, 0.5) is 29.3 Å². The van der Waals surface area contributed by atoms with E-state index >= 15 is 0 Å². The zero-order valence-electron chi connectivity index (χ0n) is 28.7. The molecule has 2 aromatic carbocycles. The van der Waals surface area contributed by atoms with Gasteiger partial charge >= 0.3 is 12.2 Å². The number of hydrogen-bond donors (Lipinski definition) is 2. The number of hydrogen-bond acceptors (Lipinski definition) is 5. The molecule has 3 aliphatic heterocycles. The number of carbonyl (C=O) groups excluding carboxylic acids is 3. The fourth-order valence-electron chi connectivity index (χ4n) is 8.42. The lowest BCUT2D eigenvalue weighted by atomic mass is 9.91. The molecular weight excluding hydrogens is 669 g/mol. The summed E-state index contributed by atoms with van der Waals surface area (Å²) < 4.78 is 41.5. The number of amides is 4. The Labute approximate surface area is 297 Å². The maximum Gasteiger partial charge on any atom is 0.418 e. The molecule has 0 radical (unpaired) electrons. The smallest absolute Gasteiger partial charge is 0.397 e. The molecule has 50 heavy (non-hydrogen) atoms. The van der Waals surface area contributed by atoms with E-state index in [1.807, 2.05) is 29.2 Å². The number of fused-ring (bicyclic) bond motifs is 1. The van der Waals surface area contributed by atoms with Gasteiger partial charge in [0.05, 0.1) is 22.2 Å². The highest BCUT2D eigenvalue weighted by Gasteiger charge is 2.38. The molecule has 272 valence electrons. The molecule has 3 heterocycles. The minimum absolute atomic E-state index is 0.0350. The van der Waals surface area contributed by atoms with Crippen LogP contribution in [0.5, 0.6) is 0 Å². The lowest BCUT2D eigenvalue weighted by Crippen LogP contribution is -2.51. The first kappa shape index (κ1) is 36.3. The summed E-state index contributed by atoms with van der Waals surface area (Å²) in [5.74, 6) is -1.31. The number of rotatable bonds is 8. The van der Waals surface area contributed by atoms with Gasteiger partial charge in [-0.25, -0.2) is 4.79 Å². The summed E-state index contributed by atoms with van der Waals surface area (Å²) in [5.41, 5.74) is 6.21. The van der Waals surface area contributed by atoms with Crippen LogP contribution in [-0.4, -0.2) is 95.3 Å². The van der Waals surface area contributed by atoms with Crippen LogP contribution in [0.1, 0.15) is 74.5 Å². The van der Waals surface area contributed by atoms with Gasteiger partial charge in [0.25, 0.3) is 0 Å². The molecule has 2 saturated heterocycles. The van der Waals surface area contributed by atoms with Gasteiger partial charge in [0.1, 0.15) is 0 Å². The van der Waals surface area contributed by atoms with Crippen molar-refractivity contribution in [2.75, 3.05) is 50.8 Å². The number of nitrogen functional groups attached to an aromatic ring is 1. The molecule has 9 nitrogen and oxygen atoms in total. The summed E-state index contributed by atoms with van der Waals surface area (Å²) >= 11 is 6.16. The van der Waals surface area contributed by atoms with Crippen molar-refractivity contribution in [3.05, 3.63) is 58.1 Å². The Bertz CT molecular complexity index is 1550. The lowest BCUT2D eigenvalue weighted by molar-refractivity contribution is -0.143. The van der Waals surface area contributed by atoms with Gasteiger partial charge in [-0.05, 0) is 87.7 Å². The number of para-hydroxylation sites is 1. The Morgan fingerprint density at radius 1 is 0.960 bits per heavy atom. The zero-order chi connectivity index (χ0) is 35.6. The third-order valence-corrected chi connectivity index (χ3v) is 11.7. The minimum atomic E-state index is -4.72. The average Bonchev–Trinajstić information content (AvgIpc) is 3.59. The maximum absolute atomic E-state index is 14.1. The van der Waals surface area contributed by atoms with E-state index in [9.17, 15) is 27.6 Å². The molecule has 0 aromatic heterocycles. The third kappa shape index (κ3) is 8.17. The Hall–Kier alpha value is -3.51. The van der Waals surface area contributed by atoms with E-state index in [2.05, 4.69) is 17.3 Å². The fourth-order valence-corrected chi connectivity index (χ4v) is 8.67. The van der Waals surface area contributed by atoms with Gasteiger partial charge < -0.3 is 30.7 Å². The summed E-state index contributed by atoms with van der Waals surface area (Å²) in [7, 11) is 2.17. The van der Waals surface area contributed by atoms with E-state index in [1.54, 1.807) is 9.80 Å². The lowest BCUT2D eigenvalue weighted by Gasteiger charge is -2.41. The number of urea groups is 1. The van der Waals surface area contributed by atoms with Crippen molar-refractivity contribution in [2.45, 2.75) is 94.9 Å². The van der Waals surface area contributed by atoms with Crippen molar-refractivity contribution in [1.82, 2.24) is 19.6 Å². The number of nitrogens with one attached hydrogen (secondary N) is 1. The molecule has 4 amide bonds. The van der Waals surface area contributed by atoms with Crippen molar-refractivity contribution in [3.8, 4) is 0 Å². The molecule has 0 spiro atoms. The second-order valence-electron chi connectivity index (χ2n) is 14.4. The molecule has 0 unspecified atom stereocenters. The summed E-state index contributed by atoms with van der Waals surface area (Å²) in [6.07, 6.45) is 3.51. The first-order valence-electron chi connectivity index (χ1n) is 18.0. The van der Waals surface area contributed by atoms with Crippen LogP contribution in [0.15, 0.2) is 36.4 Å². The molecule has 2 aromatic rings. The van der Waals surface area contributed by atoms with Gasteiger partial charge in [-0.2, -0.15) is 13.2 Å². The maximum atomic E-state index is 14.1. The number of anilines is 2. The third-order valence-electron chi connectivity index (χ3n) is 11.4. The highest BCUT2D eigenvalue weighted by Crippen LogP contribution is 2.39. The molecule has 1 atom stereocenters. The summed E-state index contributed by atoms with van der Waals surface area (Å²) in [6.45, 7) is 2.50. The SMILES string of the molecule is CN(C1CCCC1)C1CCN(C(=O)[C@H](CC(=O)N2CCC(N3CCc4ccccc4NC3=O)CC2)Cc2cc(Cl)c(N)c(C(F)(F)F)c2)CC1. The van der Waals surface area contributed by atoms with Gasteiger partial charge in [-0.15, -0.1) is 0 Å². The first-order chi connectivity index (χ1) is 23.9.